The van der Waals surface area contributed by atoms with Crippen LogP contribution in [-0.2, 0) is 12.8 Å². The van der Waals surface area contributed by atoms with Crippen LogP contribution in [0.5, 0.6) is 0 Å². The van der Waals surface area contributed by atoms with Gasteiger partial charge >= 0.3 is 0 Å². The van der Waals surface area contributed by atoms with Crippen molar-refractivity contribution in [3.63, 3.8) is 0 Å². The van der Waals surface area contributed by atoms with Crippen LogP contribution in [0.4, 0.5) is 11.4 Å². The third-order valence-corrected chi connectivity index (χ3v) is 4.07. The van der Waals surface area contributed by atoms with Crippen LogP contribution in [0.3, 0.4) is 0 Å². The summed E-state index contributed by atoms with van der Waals surface area (Å²) in [5.74, 6) is -0.0597. The van der Waals surface area contributed by atoms with Gasteiger partial charge < -0.3 is 11.1 Å². The van der Waals surface area contributed by atoms with Gasteiger partial charge in [0.05, 0.1) is 4.88 Å². The van der Waals surface area contributed by atoms with Gasteiger partial charge in [0.2, 0.25) is 0 Å². The third kappa shape index (κ3) is 2.96. The number of carbonyl (C=O) groups excluding carboxylic acids is 1. The van der Waals surface area contributed by atoms with E-state index in [9.17, 15) is 4.79 Å². The van der Waals surface area contributed by atoms with Crippen LogP contribution in [0.25, 0.3) is 0 Å². The lowest BCUT2D eigenvalue weighted by Crippen LogP contribution is -2.12. The van der Waals surface area contributed by atoms with E-state index in [-0.39, 0.29) is 5.91 Å². The maximum absolute atomic E-state index is 12.2. The van der Waals surface area contributed by atoms with E-state index in [2.05, 4.69) is 12.2 Å². The molecule has 0 aliphatic heterocycles. The normalized spacial score (nSPS) is 10.4. The van der Waals surface area contributed by atoms with E-state index in [4.69, 9.17) is 5.73 Å². The van der Waals surface area contributed by atoms with Gasteiger partial charge in [-0.3, -0.25) is 4.79 Å². The highest BCUT2D eigenvalue weighted by Gasteiger charge is 2.12. The number of benzene rings is 1. The number of hydrogen-bond acceptors (Lipinski definition) is 3. The number of carbonyl (C=O) groups is 1. The summed E-state index contributed by atoms with van der Waals surface area (Å²) < 4.78 is 0. The predicted octanol–water partition coefficient (Wildman–Crippen LogP) is 3.71. The highest BCUT2D eigenvalue weighted by molar-refractivity contribution is 7.12. The van der Waals surface area contributed by atoms with Gasteiger partial charge in [-0.15, -0.1) is 11.3 Å². The Kier molecular flexibility index (Phi) is 4.22. The number of thiophene rings is 1. The summed E-state index contributed by atoms with van der Waals surface area (Å²) in [4.78, 5) is 13.0. The van der Waals surface area contributed by atoms with Crippen LogP contribution in [0.1, 0.15) is 34.6 Å². The first-order valence-corrected chi connectivity index (χ1v) is 7.29. The highest BCUT2D eigenvalue weighted by atomic mass is 32.1. The van der Waals surface area contributed by atoms with E-state index in [1.165, 1.54) is 11.3 Å². The summed E-state index contributed by atoms with van der Waals surface area (Å²) in [5, 5.41) is 4.85. The van der Waals surface area contributed by atoms with Gasteiger partial charge in [-0.1, -0.05) is 19.9 Å². The smallest absolute Gasteiger partial charge is 0.266 e. The van der Waals surface area contributed by atoms with Crippen LogP contribution in [0.2, 0.25) is 0 Å². The first kappa shape index (κ1) is 13.6. The molecule has 0 aliphatic carbocycles. The van der Waals surface area contributed by atoms with Gasteiger partial charge in [-0.25, -0.2) is 0 Å². The zero-order chi connectivity index (χ0) is 13.8. The summed E-state index contributed by atoms with van der Waals surface area (Å²) in [6, 6.07) is 7.66. The van der Waals surface area contributed by atoms with Gasteiger partial charge in [-0.05, 0) is 47.5 Å². The summed E-state index contributed by atoms with van der Waals surface area (Å²) in [6.45, 7) is 4.11. The summed E-state index contributed by atoms with van der Waals surface area (Å²) >= 11 is 1.47. The molecule has 0 saturated heterocycles. The van der Waals surface area contributed by atoms with Crippen LogP contribution >= 0.6 is 11.3 Å². The number of nitrogen functional groups attached to an aromatic ring is 1. The number of anilines is 2. The Morgan fingerprint density at radius 3 is 2.58 bits per heavy atom. The zero-order valence-corrected chi connectivity index (χ0v) is 12.0. The molecule has 0 spiro atoms. The molecule has 0 bridgehead atoms. The topological polar surface area (TPSA) is 55.1 Å². The number of nitrogens with two attached hydrogens (primary N) is 1. The van der Waals surface area contributed by atoms with Gasteiger partial charge in [0.15, 0.2) is 0 Å². The van der Waals surface area contributed by atoms with Crippen molar-refractivity contribution < 1.29 is 4.79 Å². The molecule has 1 aromatic carbocycles. The van der Waals surface area contributed by atoms with E-state index in [0.29, 0.717) is 0 Å². The molecule has 0 aliphatic rings. The fourth-order valence-electron chi connectivity index (χ4n) is 2.00. The number of amides is 1. The Balaban J connectivity index is 2.17. The van der Waals surface area contributed by atoms with E-state index in [0.717, 1.165) is 40.2 Å². The number of nitrogens with one attached hydrogen (secondary N) is 1. The maximum Gasteiger partial charge on any atom is 0.266 e. The average molecular weight is 274 g/mol. The summed E-state index contributed by atoms with van der Waals surface area (Å²) in [6.07, 6.45) is 1.76. The molecule has 2 rings (SSSR count). The quantitative estimate of drug-likeness (QED) is 0.835. The largest absolute Gasteiger partial charge is 0.398 e. The molecule has 1 heterocycles. The van der Waals surface area contributed by atoms with Crippen molar-refractivity contribution in [2.24, 2.45) is 0 Å². The van der Waals surface area contributed by atoms with Gasteiger partial charge in [0, 0.05) is 11.4 Å². The Labute approximate surface area is 117 Å². The van der Waals surface area contributed by atoms with Crippen LogP contribution < -0.4 is 11.1 Å². The molecule has 4 heteroatoms. The van der Waals surface area contributed by atoms with Gasteiger partial charge in [-0.2, -0.15) is 0 Å². The monoisotopic (exact) mass is 274 g/mol. The van der Waals surface area contributed by atoms with Crippen molar-refractivity contribution in [2.45, 2.75) is 26.7 Å². The van der Waals surface area contributed by atoms with E-state index >= 15 is 0 Å². The minimum atomic E-state index is -0.0597. The zero-order valence-electron chi connectivity index (χ0n) is 11.2. The molecule has 100 valence electrons. The van der Waals surface area contributed by atoms with Crippen LogP contribution in [-0.4, -0.2) is 5.91 Å². The lowest BCUT2D eigenvalue weighted by Gasteiger charge is -2.08. The SMILES string of the molecule is CCc1ccc(NC(=O)c2sccc2CC)cc1N. The van der Waals surface area contributed by atoms with Crippen molar-refractivity contribution in [3.8, 4) is 0 Å². The summed E-state index contributed by atoms with van der Waals surface area (Å²) in [7, 11) is 0. The lowest BCUT2D eigenvalue weighted by atomic mass is 10.1. The maximum atomic E-state index is 12.2. The number of rotatable bonds is 4. The Bertz CT molecular complexity index is 590. The Morgan fingerprint density at radius 1 is 1.21 bits per heavy atom. The second-order valence-electron chi connectivity index (χ2n) is 4.35. The van der Waals surface area contributed by atoms with E-state index in [1.54, 1.807) is 0 Å². The van der Waals surface area contributed by atoms with Gasteiger partial charge in [0.25, 0.3) is 5.91 Å². The lowest BCUT2D eigenvalue weighted by molar-refractivity contribution is 0.103. The first-order chi connectivity index (χ1) is 9.15. The second kappa shape index (κ2) is 5.89. The molecule has 2 aromatic rings. The molecule has 1 aromatic heterocycles. The molecular formula is C15H18N2OS. The standard InChI is InChI=1S/C15H18N2OS/c1-3-10-5-6-12(9-13(10)16)17-15(18)14-11(4-2)7-8-19-14/h5-9H,3-4,16H2,1-2H3,(H,17,18). The fourth-order valence-corrected chi connectivity index (χ4v) is 2.89. The van der Waals surface area contributed by atoms with Crippen LogP contribution in [0.15, 0.2) is 29.6 Å². The van der Waals surface area contributed by atoms with Crippen molar-refractivity contribution >= 4 is 28.6 Å². The molecule has 0 atom stereocenters. The Hall–Kier alpha value is -1.81. The Morgan fingerprint density at radius 2 is 1.95 bits per heavy atom. The van der Waals surface area contributed by atoms with Gasteiger partial charge in [0.1, 0.15) is 0 Å². The van der Waals surface area contributed by atoms with Crippen LogP contribution in [0, 0.1) is 0 Å². The highest BCUT2D eigenvalue weighted by Crippen LogP contribution is 2.22. The van der Waals surface area contributed by atoms with E-state index in [1.807, 2.05) is 36.6 Å². The third-order valence-electron chi connectivity index (χ3n) is 3.12. The molecule has 1 amide bonds. The molecule has 0 unspecified atom stereocenters. The first-order valence-electron chi connectivity index (χ1n) is 6.41. The molecule has 0 fully saturated rings. The molecule has 3 nitrogen and oxygen atoms in total. The van der Waals surface area contributed by atoms with Crippen molar-refractivity contribution in [3.05, 3.63) is 45.6 Å². The minimum Gasteiger partial charge on any atom is -0.398 e. The molecular weight excluding hydrogens is 256 g/mol. The second-order valence-corrected chi connectivity index (χ2v) is 5.27. The molecule has 19 heavy (non-hydrogen) atoms. The van der Waals surface area contributed by atoms with Crippen molar-refractivity contribution in [1.82, 2.24) is 0 Å². The number of hydrogen-bond donors (Lipinski definition) is 2. The minimum absolute atomic E-state index is 0.0597. The molecule has 0 radical (unpaired) electrons. The number of aryl methyl sites for hydroxylation is 2. The van der Waals surface area contributed by atoms with E-state index < -0.39 is 0 Å². The van der Waals surface area contributed by atoms with Crippen molar-refractivity contribution in [1.29, 1.82) is 0 Å². The predicted molar refractivity (Wildman–Crippen MR) is 81.9 cm³/mol. The fraction of sp³-hybridized carbons (Fsp3) is 0.267. The van der Waals surface area contributed by atoms with Crippen molar-refractivity contribution in [2.75, 3.05) is 11.1 Å². The average Bonchev–Trinajstić information content (AvgIpc) is 2.87. The summed E-state index contributed by atoms with van der Waals surface area (Å²) in [5.41, 5.74) is 9.59. The molecule has 3 N–H and O–H groups in total. The molecule has 0 saturated carbocycles.